The molecule has 7 nitrogen and oxygen atoms in total. The number of aromatic nitrogens is 2. The minimum absolute atomic E-state index is 0.246. The van der Waals surface area contributed by atoms with Gasteiger partial charge in [0.2, 0.25) is 5.95 Å². The van der Waals surface area contributed by atoms with Crippen molar-refractivity contribution < 1.29 is 5.11 Å². The highest BCUT2D eigenvalue weighted by molar-refractivity contribution is 5.73. The molecule has 0 saturated carbocycles. The topological polar surface area (TPSA) is 85.3 Å². The van der Waals surface area contributed by atoms with E-state index in [1.807, 2.05) is 18.2 Å². The molecule has 2 aromatic carbocycles. The van der Waals surface area contributed by atoms with E-state index in [0.717, 1.165) is 47.8 Å². The highest BCUT2D eigenvalue weighted by atomic mass is 16.3. The van der Waals surface area contributed by atoms with E-state index in [-0.39, 0.29) is 11.8 Å². The third-order valence-corrected chi connectivity index (χ3v) is 5.24. The van der Waals surface area contributed by atoms with Crippen molar-refractivity contribution in [3.63, 3.8) is 0 Å². The number of hydrogen-bond acceptors (Lipinski definition) is 7. The molecule has 0 fully saturated rings. The first-order chi connectivity index (χ1) is 13.8. The number of anilines is 4. The van der Waals surface area contributed by atoms with Gasteiger partial charge in [0.05, 0.1) is 11.6 Å². The van der Waals surface area contributed by atoms with Crippen LogP contribution in [0.25, 0.3) is 0 Å². The molecule has 2 aliphatic heterocycles. The molecule has 1 unspecified atom stereocenters. The Hall–Kier alpha value is -3.32. The maximum atomic E-state index is 9.40. The second kappa shape index (κ2) is 7.01. The van der Waals surface area contributed by atoms with E-state index in [0.29, 0.717) is 12.5 Å². The second-order valence-corrected chi connectivity index (χ2v) is 7.07. The summed E-state index contributed by atoms with van der Waals surface area (Å²) in [7, 11) is 0. The predicted octanol–water partition coefficient (Wildman–Crippen LogP) is 3.35. The van der Waals surface area contributed by atoms with Crippen molar-refractivity contribution >= 4 is 23.3 Å². The molecule has 5 rings (SSSR count). The average Bonchev–Trinajstić information content (AvgIpc) is 3.15. The number of nitrogens with one attached hydrogen (secondary N) is 3. The van der Waals surface area contributed by atoms with Crippen molar-refractivity contribution in [2.45, 2.75) is 18.9 Å². The lowest BCUT2D eigenvalue weighted by Gasteiger charge is -2.32. The summed E-state index contributed by atoms with van der Waals surface area (Å²) < 4.78 is 0. The first-order valence-electron chi connectivity index (χ1n) is 9.56. The molecule has 28 heavy (non-hydrogen) atoms. The van der Waals surface area contributed by atoms with Gasteiger partial charge in [-0.25, -0.2) is 5.43 Å². The predicted molar refractivity (Wildman–Crippen MR) is 110 cm³/mol. The molecule has 7 heteroatoms. The van der Waals surface area contributed by atoms with Crippen LogP contribution in [0.3, 0.4) is 0 Å². The Bertz CT molecular complexity index is 976. The fraction of sp³-hybridized carbons (Fsp3) is 0.238. The Morgan fingerprint density at radius 3 is 2.71 bits per heavy atom. The van der Waals surface area contributed by atoms with Gasteiger partial charge in [-0.05, 0) is 42.7 Å². The molecular formula is C21H22N6O. The van der Waals surface area contributed by atoms with Gasteiger partial charge in [0, 0.05) is 18.8 Å². The molecule has 3 heterocycles. The van der Waals surface area contributed by atoms with Crippen LogP contribution in [-0.4, -0.2) is 28.2 Å². The molecule has 2 aliphatic rings. The molecule has 0 spiro atoms. The number of phenolic OH excluding ortho intramolecular Hbond substituents is 1. The van der Waals surface area contributed by atoms with Gasteiger partial charge < -0.3 is 20.7 Å². The van der Waals surface area contributed by atoms with E-state index in [2.05, 4.69) is 50.3 Å². The second-order valence-electron chi connectivity index (χ2n) is 7.07. The fourth-order valence-electron chi connectivity index (χ4n) is 3.81. The standard InChI is InChI=1S/C21H22N6O/c28-16-8-6-14(7-9-16)10-12-22-21-23-19-18-17(25-26-19)11-13-27(20(18)24-21)15-4-2-1-3-5-15/h1-9,17,25,28H,10-13H2,(H2,22,23,24,26). The van der Waals surface area contributed by atoms with E-state index in [1.54, 1.807) is 12.1 Å². The smallest absolute Gasteiger partial charge is 0.226 e. The maximum Gasteiger partial charge on any atom is 0.226 e. The molecular weight excluding hydrogens is 352 g/mol. The summed E-state index contributed by atoms with van der Waals surface area (Å²) in [6.45, 7) is 1.62. The number of phenols is 1. The van der Waals surface area contributed by atoms with Crippen LogP contribution in [0.5, 0.6) is 5.75 Å². The lowest BCUT2D eigenvalue weighted by molar-refractivity contribution is 0.475. The van der Waals surface area contributed by atoms with Crippen molar-refractivity contribution in [2.24, 2.45) is 0 Å². The molecule has 0 radical (unpaired) electrons. The molecule has 4 N–H and O–H groups in total. The Kier molecular flexibility index (Phi) is 4.21. The minimum Gasteiger partial charge on any atom is -0.508 e. The van der Waals surface area contributed by atoms with Gasteiger partial charge in [-0.2, -0.15) is 9.97 Å². The first kappa shape index (κ1) is 16.8. The summed E-state index contributed by atoms with van der Waals surface area (Å²) >= 11 is 0. The first-order valence-corrected chi connectivity index (χ1v) is 9.56. The van der Waals surface area contributed by atoms with Crippen molar-refractivity contribution in [3.05, 3.63) is 65.7 Å². The van der Waals surface area contributed by atoms with Crippen LogP contribution in [0.15, 0.2) is 54.6 Å². The van der Waals surface area contributed by atoms with Crippen LogP contribution in [-0.2, 0) is 6.42 Å². The van der Waals surface area contributed by atoms with Gasteiger partial charge in [-0.3, -0.25) is 0 Å². The van der Waals surface area contributed by atoms with Gasteiger partial charge >= 0.3 is 0 Å². The van der Waals surface area contributed by atoms with Gasteiger partial charge in [-0.15, -0.1) is 0 Å². The zero-order valence-corrected chi connectivity index (χ0v) is 15.4. The van der Waals surface area contributed by atoms with Crippen LogP contribution in [0.4, 0.5) is 23.3 Å². The molecule has 0 amide bonds. The van der Waals surface area contributed by atoms with Gasteiger partial charge in [0.25, 0.3) is 0 Å². The van der Waals surface area contributed by atoms with Gasteiger partial charge in [-0.1, -0.05) is 30.3 Å². The molecule has 0 bridgehead atoms. The van der Waals surface area contributed by atoms with Crippen molar-refractivity contribution in [2.75, 3.05) is 28.7 Å². The number of benzene rings is 2. The Morgan fingerprint density at radius 1 is 1.07 bits per heavy atom. The van der Waals surface area contributed by atoms with Crippen molar-refractivity contribution in [3.8, 4) is 5.75 Å². The van der Waals surface area contributed by atoms with Crippen LogP contribution in [0.2, 0.25) is 0 Å². The number of hydrazine groups is 1. The zero-order chi connectivity index (χ0) is 18.9. The largest absolute Gasteiger partial charge is 0.508 e. The van der Waals surface area contributed by atoms with Crippen molar-refractivity contribution in [1.29, 1.82) is 0 Å². The number of nitrogens with zero attached hydrogens (tertiary/aromatic N) is 3. The minimum atomic E-state index is 0.246. The van der Waals surface area contributed by atoms with Crippen LogP contribution in [0, 0.1) is 0 Å². The number of rotatable bonds is 5. The SMILES string of the molecule is Oc1ccc(CCNc2nc3c4c(n2)N(c2ccccc2)CCC4NN3)cc1. The number of para-hydroxylation sites is 1. The van der Waals surface area contributed by atoms with E-state index in [4.69, 9.17) is 4.98 Å². The Labute approximate surface area is 163 Å². The van der Waals surface area contributed by atoms with E-state index < -0.39 is 0 Å². The summed E-state index contributed by atoms with van der Waals surface area (Å²) in [6.07, 6.45) is 1.83. The highest BCUT2D eigenvalue weighted by Crippen LogP contribution is 2.43. The van der Waals surface area contributed by atoms with Crippen LogP contribution in [0.1, 0.15) is 23.6 Å². The number of aromatic hydroxyl groups is 1. The van der Waals surface area contributed by atoms with E-state index in [9.17, 15) is 5.11 Å². The van der Waals surface area contributed by atoms with E-state index >= 15 is 0 Å². The normalized spacial score (nSPS) is 17.1. The summed E-state index contributed by atoms with van der Waals surface area (Å²) in [6, 6.07) is 17.9. The summed E-state index contributed by atoms with van der Waals surface area (Å²) in [5.74, 6) is 2.71. The Balaban J connectivity index is 1.39. The fourth-order valence-corrected chi connectivity index (χ4v) is 3.81. The number of hydrogen-bond donors (Lipinski definition) is 4. The highest BCUT2D eigenvalue weighted by Gasteiger charge is 2.35. The molecule has 0 saturated heterocycles. The van der Waals surface area contributed by atoms with Crippen LogP contribution < -0.4 is 21.1 Å². The molecule has 3 aromatic rings. The van der Waals surface area contributed by atoms with Crippen molar-refractivity contribution in [1.82, 2.24) is 15.4 Å². The molecule has 1 atom stereocenters. The maximum absolute atomic E-state index is 9.40. The monoisotopic (exact) mass is 374 g/mol. The lowest BCUT2D eigenvalue weighted by Crippen LogP contribution is -2.31. The molecule has 0 aliphatic carbocycles. The third kappa shape index (κ3) is 3.10. The lowest BCUT2D eigenvalue weighted by atomic mass is 10.0. The summed E-state index contributed by atoms with van der Waals surface area (Å²) in [5.41, 5.74) is 9.96. The summed E-state index contributed by atoms with van der Waals surface area (Å²) in [4.78, 5) is 11.8. The summed E-state index contributed by atoms with van der Waals surface area (Å²) in [5, 5.41) is 12.7. The molecule has 142 valence electrons. The molecule has 1 aromatic heterocycles. The third-order valence-electron chi connectivity index (χ3n) is 5.24. The average molecular weight is 374 g/mol. The quantitative estimate of drug-likeness (QED) is 0.545. The zero-order valence-electron chi connectivity index (χ0n) is 15.4. The van der Waals surface area contributed by atoms with Gasteiger partial charge in [0.15, 0.2) is 5.82 Å². The Morgan fingerprint density at radius 2 is 1.89 bits per heavy atom. The van der Waals surface area contributed by atoms with Crippen LogP contribution >= 0.6 is 0 Å². The van der Waals surface area contributed by atoms with Gasteiger partial charge in [0.1, 0.15) is 11.6 Å². The van der Waals surface area contributed by atoms with E-state index in [1.165, 1.54) is 0 Å².